The quantitative estimate of drug-likeness (QED) is 0.475. The first-order valence-corrected chi connectivity index (χ1v) is 11.7. The van der Waals surface area contributed by atoms with Crippen LogP contribution in [-0.2, 0) is 11.2 Å². The number of carbonyl (C=O) groups is 1. The lowest BCUT2D eigenvalue weighted by molar-refractivity contribution is -0.113. The number of benzene rings is 1. The van der Waals surface area contributed by atoms with Crippen LogP contribution in [0.25, 0.3) is 5.69 Å². The van der Waals surface area contributed by atoms with Gasteiger partial charge in [-0.05, 0) is 26.0 Å². The maximum absolute atomic E-state index is 13.2. The molecule has 0 saturated heterocycles. The van der Waals surface area contributed by atoms with E-state index in [1.807, 2.05) is 38.1 Å². The summed E-state index contributed by atoms with van der Waals surface area (Å²) in [5.74, 6) is -0.0857. The minimum absolute atomic E-state index is 0.0733. The van der Waals surface area contributed by atoms with Crippen LogP contribution >= 0.6 is 34.9 Å². The number of carbonyl (C=O) groups excluding carboxylic acids is 1. The molecule has 3 heterocycles. The summed E-state index contributed by atoms with van der Waals surface area (Å²) in [5, 5.41) is 12.6. The van der Waals surface area contributed by atoms with Crippen LogP contribution in [0.4, 0.5) is 5.13 Å². The number of rotatable bonds is 5. The van der Waals surface area contributed by atoms with Crippen molar-refractivity contribution in [2.45, 2.75) is 42.5 Å². The summed E-state index contributed by atoms with van der Waals surface area (Å²) < 4.78 is 1.61. The number of nitrogens with zero attached hydrogens (tertiary/aromatic N) is 4. The number of fused-ring (bicyclic) bond motifs is 1. The largest absolute Gasteiger partial charge is 0.300 e. The Balaban J connectivity index is 1.64. The number of thioether (sulfide) groups is 2. The third-order valence-corrected chi connectivity index (χ3v) is 7.19. The van der Waals surface area contributed by atoms with Gasteiger partial charge in [0.15, 0.2) is 5.16 Å². The molecule has 1 atom stereocenters. The molecular weight excluding hydrogens is 426 g/mol. The van der Waals surface area contributed by atoms with E-state index in [1.54, 1.807) is 16.3 Å². The Hall–Kier alpha value is -2.17. The predicted molar refractivity (Wildman–Crippen MR) is 118 cm³/mol. The van der Waals surface area contributed by atoms with E-state index in [-0.39, 0.29) is 17.2 Å². The molecule has 0 radical (unpaired) electrons. The van der Waals surface area contributed by atoms with E-state index in [1.165, 1.54) is 23.1 Å². The molecule has 150 valence electrons. The van der Waals surface area contributed by atoms with E-state index in [2.05, 4.69) is 22.4 Å². The van der Waals surface area contributed by atoms with Crippen molar-refractivity contribution in [2.75, 3.05) is 11.1 Å². The highest BCUT2D eigenvalue weighted by Crippen LogP contribution is 2.34. The molecule has 0 saturated carbocycles. The smallest absolute Gasteiger partial charge is 0.272 e. The van der Waals surface area contributed by atoms with Gasteiger partial charge in [0.2, 0.25) is 11.0 Å². The van der Waals surface area contributed by atoms with Crippen LogP contribution in [0.3, 0.4) is 0 Å². The van der Waals surface area contributed by atoms with Crippen molar-refractivity contribution in [3.05, 3.63) is 50.9 Å². The number of amides is 1. The molecule has 0 aliphatic carbocycles. The fourth-order valence-electron chi connectivity index (χ4n) is 2.95. The van der Waals surface area contributed by atoms with Crippen molar-refractivity contribution in [3.8, 4) is 5.69 Å². The minimum atomic E-state index is -0.209. The normalized spacial score (nSPS) is 15.3. The molecule has 0 unspecified atom stereocenters. The summed E-state index contributed by atoms with van der Waals surface area (Å²) in [5.41, 5.74) is 2.60. The van der Waals surface area contributed by atoms with Gasteiger partial charge in [0, 0.05) is 11.7 Å². The number of nitrogens with one attached hydrogen (secondary N) is 1. The molecule has 2 aromatic heterocycles. The molecule has 1 amide bonds. The second-order valence-electron chi connectivity index (χ2n) is 6.74. The lowest BCUT2D eigenvalue weighted by Gasteiger charge is -2.13. The SMILES string of the molecule is Cc1ccc(-n2c(SCC(=O)Nc3nnc(C)s3)nc3c(c2=O)S[C@H](C)C3)cc1. The lowest BCUT2D eigenvalue weighted by atomic mass is 10.2. The number of hydrogen-bond donors (Lipinski definition) is 1. The van der Waals surface area contributed by atoms with Crippen LogP contribution in [0, 0.1) is 13.8 Å². The number of hydrogen-bond acceptors (Lipinski definition) is 8. The second-order valence-corrected chi connectivity index (χ2v) is 10.3. The molecule has 1 aliphatic rings. The van der Waals surface area contributed by atoms with Gasteiger partial charge in [-0.25, -0.2) is 4.98 Å². The lowest BCUT2D eigenvalue weighted by Crippen LogP contribution is -2.24. The molecule has 1 aromatic carbocycles. The summed E-state index contributed by atoms with van der Waals surface area (Å²) in [7, 11) is 0. The molecule has 29 heavy (non-hydrogen) atoms. The Morgan fingerprint density at radius 3 is 2.72 bits per heavy atom. The highest BCUT2D eigenvalue weighted by Gasteiger charge is 2.27. The Morgan fingerprint density at radius 1 is 1.28 bits per heavy atom. The second kappa shape index (κ2) is 8.29. The first-order valence-electron chi connectivity index (χ1n) is 9.03. The highest BCUT2D eigenvalue weighted by molar-refractivity contribution is 8.00. The van der Waals surface area contributed by atoms with Crippen molar-refractivity contribution in [1.29, 1.82) is 0 Å². The summed E-state index contributed by atoms with van der Waals surface area (Å²) in [6.45, 7) is 5.92. The third-order valence-electron chi connectivity index (χ3n) is 4.28. The Kier molecular flexibility index (Phi) is 5.75. The van der Waals surface area contributed by atoms with Gasteiger partial charge in [0.25, 0.3) is 5.56 Å². The van der Waals surface area contributed by atoms with E-state index in [0.717, 1.165) is 28.4 Å². The van der Waals surface area contributed by atoms with E-state index in [4.69, 9.17) is 4.98 Å². The van der Waals surface area contributed by atoms with E-state index < -0.39 is 0 Å². The average molecular weight is 446 g/mol. The molecule has 10 heteroatoms. The Morgan fingerprint density at radius 2 is 2.03 bits per heavy atom. The molecular formula is C19H19N5O2S3. The number of aryl methyl sites for hydroxylation is 2. The maximum atomic E-state index is 13.2. The first-order chi connectivity index (χ1) is 13.9. The zero-order chi connectivity index (χ0) is 20.5. The maximum Gasteiger partial charge on any atom is 0.272 e. The Bertz CT molecular complexity index is 1120. The van der Waals surface area contributed by atoms with Gasteiger partial charge in [-0.2, -0.15) is 0 Å². The van der Waals surface area contributed by atoms with Gasteiger partial charge in [0.05, 0.1) is 22.0 Å². The third kappa shape index (κ3) is 4.39. The summed E-state index contributed by atoms with van der Waals surface area (Å²) in [6, 6.07) is 7.73. The Labute approximate surface area is 180 Å². The molecule has 1 N–H and O–H groups in total. The van der Waals surface area contributed by atoms with Crippen molar-refractivity contribution in [1.82, 2.24) is 19.7 Å². The summed E-state index contributed by atoms with van der Waals surface area (Å²) >= 11 is 4.14. The van der Waals surface area contributed by atoms with Crippen molar-refractivity contribution in [3.63, 3.8) is 0 Å². The van der Waals surface area contributed by atoms with Crippen LogP contribution in [-0.4, -0.2) is 36.7 Å². The van der Waals surface area contributed by atoms with E-state index in [9.17, 15) is 9.59 Å². The van der Waals surface area contributed by atoms with Crippen molar-refractivity contribution >= 4 is 45.9 Å². The average Bonchev–Trinajstić information content (AvgIpc) is 3.26. The van der Waals surface area contributed by atoms with Gasteiger partial charge in [0.1, 0.15) is 5.01 Å². The zero-order valence-corrected chi connectivity index (χ0v) is 18.6. The van der Waals surface area contributed by atoms with Gasteiger partial charge in [-0.1, -0.05) is 47.7 Å². The van der Waals surface area contributed by atoms with Gasteiger partial charge >= 0.3 is 0 Å². The minimum Gasteiger partial charge on any atom is -0.300 e. The predicted octanol–water partition coefficient (Wildman–Crippen LogP) is 3.47. The van der Waals surface area contributed by atoms with Crippen molar-refractivity contribution in [2.24, 2.45) is 0 Å². The van der Waals surface area contributed by atoms with E-state index >= 15 is 0 Å². The monoisotopic (exact) mass is 445 g/mol. The molecule has 3 aromatic rings. The summed E-state index contributed by atoms with van der Waals surface area (Å²) in [6.07, 6.45) is 0.758. The van der Waals surface area contributed by atoms with Crippen LogP contribution in [0.15, 0.2) is 39.1 Å². The fraction of sp³-hybridized carbons (Fsp3) is 0.316. The molecule has 0 spiro atoms. The van der Waals surface area contributed by atoms with Gasteiger partial charge in [-0.3, -0.25) is 19.5 Å². The van der Waals surface area contributed by atoms with Crippen LogP contribution in [0.2, 0.25) is 0 Å². The molecule has 4 rings (SSSR count). The number of aromatic nitrogens is 4. The molecule has 1 aliphatic heterocycles. The number of anilines is 1. The molecule has 0 bridgehead atoms. The van der Waals surface area contributed by atoms with Gasteiger partial charge < -0.3 is 0 Å². The zero-order valence-electron chi connectivity index (χ0n) is 16.1. The topological polar surface area (TPSA) is 89.8 Å². The van der Waals surface area contributed by atoms with Crippen LogP contribution in [0.5, 0.6) is 0 Å². The molecule has 7 nitrogen and oxygen atoms in total. The van der Waals surface area contributed by atoms with Crippen molar-refractivity contribution < 1.29 is 4.79 Å². The summed E-state index contributed by atoms with van der Waals surface area (Å²) in [4.78, 5) is 31.0. The fourth-order valence-corrected chi connectivity index (χ4v) is 5.48. The standard InChI is InChI=1S/C19H19N5O2S3/c1-10-4-6-13(7-5-10)24-17(26)16-14(8-11(2)28-16)20-19(24)27-9-15(25)21-18-23-22-12(3)29-18/h4-7,11H,8-9H2,1-3H3,(H,21,23,25)/t11-/m1/s1. The highest BCUT2D eigenvalue weighted by atomic mass is 32.2. The van der Waals surface area contributed by atoms with Crippen LogP contribution in [0.1, 0.15) is 23.2 Å². The van der Waals surface area contributed by atoms with E-state index in [0.29, 0.717) is 20.4 Å². The van der Waals surface area contributed by atoms with Crippen LogP contribution < -0.4 is 10.9 Å². The van der Waals surface area contributed by atoms with Gasteiger partial charge in [-0.15, -0.1) is 22.0 Å². The first kappa shape index (κ1) is 20.1. The molecule has 0 fully saturated rings.